The van der Waals surface area contributed by atoms with Gasteiger partial charge in [-0.2, -0.15) is 0 Å². The molecule has 0 aromatic rings. The summed E-state index contributed by atoms with van der Waals surface area (Å²) < 4.78 is 5.46. The van der Waals surface area contributed by atoms with Gasteiger partial charge in [0.2, 0.25) is 0 Å². The molecule has 0 aromatic carbocycles. The third-order valence-corrected chi connectivity index (χ3v) is 3.23. The van der Waals surface area contributed by atoms with Crippen LogP contribution in [-0.4, -0.2) is 19.1 Å². The van der Waals surface area contributed by atoms with Crippen molar-refractivity contribution in [3.63, 3.8) is 0 Å². The summed E-state index contributed by atoms with van der Waals surface area (Å²) in [5.41, 5.74) is 3.05. The standard InChI is InChI=1S/C18H31ClO/c1-2-3-4-5-6-7-8-9-11-14-17-20-18-15-12-10-13-16-19/h9-11,15H,2-8,13-14,16-18H2,1H3. The van der Waals surface area contributed by atoms with E-state index < -0.39 is 0 Å². The van der Waals surface area contributed by atoms with E-state index in [2.05, 4.69) is 24.8 Å². The summed E-state index contributed by atoms with van der Waals surface area (Å²) in [6, 6.07) is 0. The van der Waals surface area contributed by atoms with E-state index >= 15 is 0 Å². The van der Waals surface area contributed by atoms with E-state index in [-0.39, 0.29) is 0 Å². The highest BCUT2D eigenvalue weighted by molar-refractivity contribution is 6.17. The molecule has 0 aliphatic rings. The predicted octanol–water partition coefficient (Wildman–Crippen LogP) is 6.04. The topological polar surface area (TPSA) is 9.23 Å². The van der Waals surface area contributed by atoms with Crippen LogP contribution in [0.15, 0.2) is 30.0 Å². The predicted molar refractivity (Wildman–Crippen MR) is 90.6 cm³/mol. The summed E-state index contributed by atoms with van der Waals surface area (Å²) in [5, 5.41) is 0. The minimum atomic E-state index is 0.643. The Hall–Kier alpha value is -0.490. The summed E-state index contributed by atoms with van der Waals surface area (Å²) in [5.74, 6) is 0.658. The molecule has 20 heavy (non-hydrogen) atoms. The number of alkyl halides is 1. The molecule has 0 fully saturated rings. The van der Waals surface area contributed by atoms with Gasteiger partial charge in [-0.15, -0.1) is 17.3 Å². The highest BCUT2D eigenvalue weighted by atomic mass is 35.5. The lowest BCUT2D eigenvalue weighted by molar-refractivity contribution is 0.167. The summed E-state index contributed by atoms with van der Waals surface area (Å²) in [7, 11) is 0. The van der Waals surface area contributed by atoms with E-state index in [0.717, 1.165) is 19.4 Å². The fraction of sp³-hybridized carbons (Fsp3) is 0.722. The maximum atomic E-state index is 5.54. The van der Waals surface area contributed by atoms with Gasteiger partial charge in [0, 0.05) is 5.88 Å². The minimum Gasteiger partial charge on any atom is -0.376 e. The van der Waals surface area contributed by atoms with Crippen LogP contribution in [0.5, 0.6) is 0 Å². The van der Waals surface area contributed by atoms with E-state index in [1.807, 2.05) is 12.2 Å². The maximum Gasteiger partial charge on any atom is 0.0721 e. The molecule has 0 aromatic heterocycles. The lowest BCUT2D eigenvalue weighted by Crippen LogP contribution is -1.91. The summed E-state index contributed by atoms with van der Waals surface area (Å²) in [6.07, 6.45) is 19.7. The number of ether oxygens (including phenoxy) is 1. The van der Waals surface area contributed by atoms with Gasteiger partial charge in [0.05, 0.1) is 13.2 Å². The average Bonchev–Trinajstić information content (AvgIpc) is 2.47. The third kappa shape index (κ3) is 17.5. The van der Waals surface area contributed by atoms with Crippen LogP contribution >= 0.6 is 11.6 Å². The third-order valence-electron chi connectivity index (χ3n) is 3.01. The van der Waals surface area contributed by atoms with Crippen molar-refractivity contribution in [3.8, 4) is 0 Å². The molecule has 1 nitrogen and oxygen atoms in total. The molecule has 0 bridgehead atoms. The van der Waals surface area contributed by atoms with Gasteiger partial charge in [-0.3, -0.25) is 0 Å². The Balaban J connectivity index is 3.18. The Morgan fingerprint density at radius 2 is 1.65 bits per heavy atom. The Kier molecular flexibility index (Phi) is 18.1. The highest BCUT2D eigenvalue weighted by Crippen LogP contribution is 2.07. The Morgan fingerprint density at radius 3 is 2.45 bits per heavy atom. The molecule has 116 valence electrons. The second kappa shape index (κ2) is 18.5. The molecule has 0 atom stereocenters. The SMILES string of the molecule is CCCCCCCCC=CCCOCC=C=CCCCl. The van der Waals surface area contributed by atoms with Crippen LogP contribution < -0.4 is 0 Å². The molecule has 0 saturated carbocycles. The first-order valence-electron chi connectivity index (χ1n) is 8.10. The minimum absolute atomic E-state index is 0.643. The Labute approximate surface area is 130 Å². The van der Waals surface area contributed by atoms with Crippen molar-refractivity contribution in [1.29, 1.82) is 0 Å². The van der Waals surface area contributed by atoms with Crippen molar-refractivity contribution in [2.45, 2.75) is 64.7 Å². The summed E-state index contributed by atoms with van der Waals surface area (Å²) in [4.78, 5) is 0. The van der Waals surface area contributed by atoms with Gasteiger partial charge in [0.1, 0.15) is 0 Å². The maximum absolute atomic E-state index is 5.54. The monoisotopic (exact) mass is 298 g/mol. The number of unbranched alkanes of at least 4 members (excludes halogenated alkanes) is 6. The van der Waals surface area contributed by atoms with Gasteiger partial charge < -0.3 is 4.74 Å². The molecule has 0 rings (SSSR count). The first-order valence-corrected chi connectivity index (χ1v) is 8.63. The molecule has 0 unspecified atom stereocenters. The lowest BCUT2D eigenvalue weighted by atomic mass is 10.1. The summed E-state index contributed by atoms with van der Waals surface area (Å²) >= 11 is 5.54. The van der Waals surface area contributed by atoms with Crippen LogP contribution in [0, 0.1) is 0 Å². The van der Waals surface area contributed by atoms with Gasteiger partial charge in [-0.25, -0.2) is 0 Å². The van der Waals surface area contributed by atoms with Crippen LogP contribution in [0.1, 0.15) is 64.7 Å². The number of halogens is 1. The molecular weight excluding hydrogens is 268 g/mol. The van der Waals surface area contributed by atoms with Crippen LogP contribution in [0.4, 0.5) is 0 Å². The molecule has 0 aliphatic carbocycles. The van der Waals surface area contributed by atoms with Crippen LogP contribution in [0.25, 0.3) is 0 Å². The molecule has 0 heterocycles. The van der Waals surface area contributed by atoms with E-state index in [9.17, 15) is 0 Å². The zero-order chi connectivity index (χ0) is 14.7. The van der Waals surface area contributed by atoms with Crippen LogP contribution in [0.2, 0.25) is 0 Å². The molecule has 2 heteroatoms. The van der Waals surface area contributed by atoms with E-state index in [0.29, 0.717) is 12.5 Å². The summed E-state index contributed by atoms with van der Waals surface area (Å²) in [6.45, 7) is 3.70. The number of rotatable bonds is 14. The molecular formula is C18H31ClO. The normalized spacial score (nSPS) is 10.7. The van der Waals surface area contributed by atoms with Crippen molar-refractivity contribution in [2.24, 2.45) is 0 Å². The van der Waals surface area contributed by atoms with Crippen molar-refractivity contribution in [1.82, 2.24) is 0 Å². The first kappa shape index (κ1) is 19.5. The van der Waals surface area contributed by atoms with Gasteiger partial charge in [-0.1, -0.05) is 51.2 Å². The van der Waals surface area contributed by atoms with Gasteiger partial charge >= 0.3 is 0 Å². The van der Waals surface area contributed by atoms with E-state index in [1.165, 1.54) is 44.9 Å². The molecule has 0 aliphatic heterocycles. The average molecular weight is 299 g/mol. The highest BCUT2D eigenvalue weighted by Gasteiger charge is 1.88. The second-order valence-electron chi connectivity index (χ2n) is 4.94. The lowest BCUT2D eigenvalue weighted by Gasteiger charge is -1.98. The molecule has 0 N–H and O–H groups in total. The van der Waals surface area contributed by atoms with Crippen LogP contribution in [-0.2, 0) is 4.74 Å². The number of hydrogen-bond donors (Lipinski definition) is 0. The first-order chi connectivity index (χ1) is 9.91. The quantitative estimate of drug-likeness (QED) is 0.164. The second-order valence-corrected chi connectivity index (χ2v) is 5.32. The van der Waals surface area contributed by atoms with Crippen molar-refractivity contribution >= 4 is 11.6 Å². The van der Waals surface area contributed by atoms with E-state index in [4.69, 9.17) is 16.3 Å². The van der Waals surface area contributed by atoms with Crippen molar-refractivity contribution < 1.29 is 4.74 Å². The zero-order valence-corrected chi connectivity index (χ0v) is 13.8. The van der Waals surface area contributed by atoms with Gasteiger partial charge in [-0.05, 0) is 37.8 Å². The van der Waals surface area contributed by atoms with E-state index in [1.54, 1.807) is 0 Å². The van der Waals surface area contributed by atoms with Gasteiger partial charge in [0.25, 0.3) is 0 Å². The number of allylic oxidation sites excluding steroid dienone is 1. The zero-order valence-electron chi connectivity index (χ0n) is 13.1. The Morgan fingerprint density at radius 1 is 0.900 bits per heavy atom. The molecule has 0 saturated heterocycles. The fourth-order valence-corrected chi connectivity index (χ4v) is 1.95. The van der Waals surface area contributed by atoms with Crippen molar-refractivity contribution in [2.75, 3.05) is 19.1 Å². The number of hydrogen-bond acceptors (Lipinski definition) is 1. The molecule has 0 amide bonds. The fourth-order valence-electron chi connectivity index (χ4n) is 1.84. The molecule has 0 radical (unpaired) electrons. The molecule has 0 spiro atoms. The largest absolute Gasteiger partial charge is 0.376 e. The van der Waals surface area contributed by atoms with Crippen molar-refractivity contribution in [3.05, 3.63) is 30.0 Å². The Bertz CT molecular complexity index is 265. The smallest absolute Gasteiger partial charge is 0.0721 e. The van der Waals surface area contributed by atoms with Crippen LogP contribution in [0.3, 0.4) is 0 Å². The van der Waals surface area contributed by atoms with Gasteiger partial charge in [0.15, 0.2) is 0 Å².